The number of hydrogen-bond donors (Lipinski definition) is 2. The molecular formula is C9H14N2O3. The van der Waals surface area contributed by atoms with E-state index in [0.717, 1.165) is 26.1 Å². The molecule has 2 heterocycles. The fourth-order valence-corrected chi connectivity index (χ4v) is 1.99. The van der Waals surface area contributed by atoms with Crippen LogP contribution < -0.4 is 5.32 Å². The van der Waals surface area contributed by atoms with Gasteiger partial charge in [-0.25, -0.2) is 0 Å². The number of nitrogens with one attached hydrogen (secondary N) is 1. The van der Waals surface area contributed by atoms with Gasteiger partial charge in [0.05, 0.1) is 6.04 Å². The molecule has 2 aliphatic heterocycles. The molecule has 2 rings (SSSR count). The molecule has 2 fully saturated rings. The monoisotopic (exact) mass is 198 g/mol. The van der Waals surface area contributed by atoms with E-state index in [1.165, 1.54) is 0 Å². The highest BCUT2D eigenvalue weighted by Crippen LogP contribution is 2.21. The van der Waals surface area contributed by atoms with Gasteiger partial charge in [0.2, 0.25) is 5.91 Å². The summed E-state index contributed by atoms with van der Waals surface area (Å²) in [6.07, 6.45) is 1.30. The van der Waals surface area contributed by atoms with Crippen LogP contribution in [0.15, 0.2) is 0 Å². The van der Waals surface area contributed by atoms with Crippen molar-refractivity contribution in [3.63, 3.8) is 0 Å². The number of carbonyl (C=O) groups is 2. The number of nitrogens with zero attached hydrogens (tertiary/aromatic N) is 1. The largest absolute Gasteiger partial charge is 0.481 e. The molecule has 1 unspecified atom stereocenters. The molecule has 0 aromatic rings. The molecule has 0 radical (unpaired) electrons. The van der Waals surface area contributed by atoms with E-state index in [1.54, 1.807) is 4.90 Å². The number of hydrogen-bond acceptors (Lipinski definition) is 3. The van der Waals surface area contributed by atoms with Gasteiger partial charge in [-0.3, -0.25) is 9.59 Å². The van der Waals surface area contributed by atoms with E-state index in [1.807, 2.05) is 0 Å². The Morgan fingerprint density at radius 1 is 1.50 bits per heavy atom. The molecule has 0 bridgehead atoms. The van der Waals surface area contributed by atoms with E-state index in [0.29, 0.717) is 6.42 Å². The predicted octanol–water partition coefficient (Wildman–Crippen LogP) is -0.719. The second-order valence-corrected chi connectivity index (χ2v) is 3.88. The van der Waals surface area contributed by atoms with E-state index in [9.17, 15) is 9.59 Å². The lowest BCUT2D eigenvalue weighted by atomic mass is 9.94. The molecule has 5 heteroatoms. The Kier molecular flexibility index (Phi) is 2.41. The first kappa shape index (κ1) is 9.45. The molecule has 0 aliphatic carbocycles. The minimum absolute atomic E-state index is 0.199. The van der Waals surface area contributed by atoms with Gasteiger partial charge < -0.3 is 15.3 Å². The molecule has 0 aromatic heterocycles. The molecule has 0 spiro atoms. The van der Waals surface area contributed by atoms with Crippen LogP contribution in [0.25, 0.3) is 0 Å². The van der Waals surface area contributed by atoms with Crippen LogP contribution in [-0.4, -0.2) is 47.6 Å². The lowest BCUT2D eigenvalue weighted by molar-refractivity contribution is -0.155. The Bertz CT molecular complexity index is 263. The smallest absolute Gasteiger partial charge is 0.316 e. The van der Waals surface area contributed by atoms with Gasteiger partial charge in [0.25, 0.3) is 0 Å². The minimum atomic E-state index is -0.980. The van der Waals surface area contributed by atoms with Crippen LogP contribution in [0.4, 0.5) is 0 Å². The van der Waals surface area contributed by atoms with Crippen LogP contribution >= 0.6 is 0 Å². The quantitative estimate of drug-likeness (QED) is 0.575. The fourth-order valence-electron chi connectivity index (χ4n) is 1.99. The van der Waals surface area contributed by atoms with Crippen LogP contribution in [0.3, 0.4) is 0 Å². The molecule has 14 heavy (non-hydrogen) atoms. The summed E-state index contributed by atoms with van der Waals surface area (Å²) in [6, 6.07) is 0.227. The van der Waals surface area contributed by atoms with Crippen molar-refractivity contribution < 1.29 is 14.7 Å². The van der Waals surface area contributed by atoms with Gasteiger partial charge in [-0.15, -0.1) is 0 Å². The average molecular weight is 198 g/mol. The number of piperidine rings is 1. The predicted molar refractivity (Wildman–Crippen MR) is 48.7 cm³/mol. The third kappa shape index (κ3) is 1.48. The first-order valence-corrected chi connectivity index (χ1v) is 4.94. The van der Waals surface area contributed by atoms with E-state index in [2.05, 4.69) is 5.32 Å². The number of carboxylic acid groups (broad SMARTS) is 1. The Hall–Kier alpha value is -1.10. The maximum Gasteiger partial charge on any atom is 0.316 e. The summed E-state index contributed by atoms with van der Waals surface area (Å²) < 4.78 is 0. The first-order valence-electron chi connectivity index (χ1n) is 4.94. The summed E-state index contributed by atoms with van der Waals surface area (Å²) in [4.78, 5) is 24.2. The molecule has 1 amide bonds. The standard InChI is InChI=1S/C9H14N2O3/c12-8-7(9(13)14)2-1-3-11(8)6-4-10-5-6/h6-7,10H,1-5H2,(H,13,14). The zero-order valence-electron chi connectivity index (χ0n) is 7.90. The van der Waals surface area contributed by atoms with Crippen LogP contribution in [0.2, 0.25) is 0 Å². The molecule has 2 aliphatic rings. The van der Waals surface area contributed by atoms with Gasteiger partial charge in [-0.05, 0) is 12.8 Å². The van der Waals surface area contributed by atoms with Gasteiger partial charge >= 0.3 is 5.97 Å². The van der Waals surface area contributed by atoms with E-state index in [4.69, 9.17) is 5.11 Å². The average Bonchev–Trinajstić information content (AvgIpc) is 2.04. The number of carbonyl (C=O) groups excluding carboxylic acids is 1. The van der Waals surface area contributed by atoms with Gasteiger partial charge in [-0.2, -0.15) is 0 Å². The third-order valence-electron chi connectivity index (χ3n) is 2.97. The van der Waals surface area contributed by atoms with Crippen molar-refractivity contribution in [3.8, 4) is 0 Å². The van der Waals surface area contributed by atoms with Crippen LogP contribution in [0.1, 0.15) is 12.8 Å². The van der Waals surface area contributed by atoms with E-state index < -0.39 is 11.9 Å². The molecule has 2 saturated heterocycles. The second-order valence-electron chi connectivity index (χ2n) is 3.88. The Morgan fingerprint density at radius 3 is 2.71 bits per heavy atom. The summed E-state index contributed by atoms with van der Waals surface area (Å²) in [6.45, 7) is 2.32. The molecule has 2 N–H and O–H groups in total. The van der Waals surface area contributed by atoms with Crippen LogP contribution in [-0.2, 0) is 9.59 Å². The van der Waals surface area contributed by atoms with Crippen LogP contribution in [0, 0.1) is 5.92 Å². The summed E-state index contributed by atoms with van der Waals surface area (Å²) in [5, 5.41) is 11.9. The number of likely N-dealkylation sites (tertiary alicyclic amines) is 1. The SMILES string of the molecule is O=C(O)C1CCCN(C2CNC2)C1=O. The number of carboxylic acids is 1. The Morgan fingerprint density at radius 2 is 2.21 bits per heavy atom. The summed E-state index contributed by atoms with van der Waals surface area (Å²) in [5.74, 6) is -1.98. The maximum atomic E-state index is 11.7. The zero-order valence-corrected chi connectivity index (χ0v) is 7.90. The second kappa shape index (κ2) is 3.57. The normalized spacial score (nSPS) is 28.7. The molecular weight excluding hydrogens is 184 g/mol. The summed E-state index contributed by atoms with van der Waals surface area (Å²) >= 11 is 0. The van der Waals surface area contributed by atoms with Crippen LogP contribution in [0.5, 0.6) is 0 Å². The van der Waals surface area contributed by atoms with Crippen molar-refractivity contribution in [1.82, 2.24) is 10.2 Å². The molecule has 0 aromatic carbocycles. The third-order valence-corrected chi connectivity index (χ3v) is 2.97. The van der Waals surface area contributed by atoms with Crippen molar-refractivity contribution >= 4 is 11.9 Å². The molecule has 1 atom stereocenters. The summed E-state index contributed by atoms with van der Waals surface area (Å²) in [7, 11) is 0. The van der Waals surface area contributed by atoms with E-state index >= 15 is 0 Å². The van der Waals surface area contributed by atoms with Crippen molar-refractivity contribution in [3.05, 3.63) is 0 Å². The molecule has 78 valence electrons. The van der Waals surface area contributed by atoms with E-state index in [-0.39, 0.29) is 11.9 Å². The fraction of sp³-hybridized carbons (Fsp3) is 0.778. The Balaban J connectivity index is 2.04. The van der Waals surface area contributed by atoms with Crippen molar-refractivity contribution in [1.29, 1.82) is 0 Å². The lowest BCUT2D eigenvalue weighted by Crippen LogP contribution is -2.61. The maximum absolute atomic E-state index is 11.7. The number of rotatable bonds is 2. The Labute approximate surface area is 82.1 Å². The first-order chi connectivity index (χ1) is 6.70. The highest BCUT2D eigenvalue weighted by molar-refractivity contribution is 5.97. The van der Waals surface area contributed by atoms with Crippen molar-refractivity contribution in [2.45, 2.75) is 18.9 Å². The molecule has 5 nitrogen and oxygen atoms in total. The minimum Gasteiger partial charge on any atom is -0.481 e. The topological polar surface area (TPSA) is 69.6 Å². The number of amides is 1. The highest BCUT2D eigenvalue weighted by atomic mass is 16.4. The van der Waals surface area contributed by atoms with Gasteiger partial charge in [0.1, 0.15) is 5.92 Å². The summed E-state index contributed by atoms with van der Waals surface area (Å²) in [5.41, 5.74) is 0. The van der Waals surface area contributed by atoms with Crippen molar-refractivity contribution in [2.24, 2.45) is 5.92 Å². The van der Waals surface area contributed by atoms with Gasteiger partial charge in [-0.1, -0.05) is 0 Å². The lowest BCUT2D eigenvalue weighted by Gasteiger charge is -2.41. The zero-order chi connectivity index (χ0) is 10.1. The highest BCUT2D eigenvalue weighted by Gasteiger charge is 2.38. The van der Waals surface area contributed by atoms with Crippen molar-refractivity contribution in [2.75, 3.05) is 19.6 Å². The number of aliphatic carboxylic acids is 1. The van der Waals surface area contributed by atoms with Gasteiger partial charge in [0, 0.05) is 19.6 Å². The van der Waals surface area contributed by atoms with Gasteiger partial charge in [0.15, 0.2) is 0 Å². The molecule has 0 saturated carbocycles.